The molecule has 0 fully saturated rings. The van der Waals surface area contributed by atoms with Gasteiger partial charge in [-0.3, -0.25) is 11.3 Å². The lowest BCUT2D eigenvalue weighted by atomic mass is 9.98. The molecule has 0 amide bonds. The molecule has 0 aromatic heterocycles. The Morgan fingerprint density at radius 2 is 2.05 bits per heavy atom. The van der Waals surface area contributed by atoms with E-state index < -0.39 is 17.7 Å². The van der Waals surface area contributed by atoms with E-state index in [2.05, 4.69) is 5.43 Å². The predicted molar refractivity (Wildman–Crippen MR) is 78.1 cm³/mol. The van der Waals surface area contributed by atoms with Crippen LogP contribution < -0.4 is 16.0 Å². The second kappa shape index (κ2) is 6.85. The average Bonchev–Trinajstić information content (AvgIpc) is 2.49. The van der Waals surface area contributed by atoms with Gasteiger partial charge in [0.1, 0.15) is 17.4 Å². The number of hydrogen-bond acceptors (Lipinski definition) is 3. The van der Waals surface area contributed by atoms with Gasteiger partial charge in [-0.1, -0.05) is 29.8 Å². The Labute approximate surface area is 126 Å². The molecule has 0 heterocycles. The van der Waals surface area contributed by atoms with Crippen molar-refractivity contribution in [3.05, 3.63) is 64.2 Å². The third-order valence-corrected chi connectivity index (χ3v) is 3.53. The number of halogens is 3. The quantitative estimate of drug-likeness (QED) is 0.657. The standard InChI is InChI=1S/C15H15ClF2N2O/c1-21-10-5-6-11(13(17)8-10)14(20-19)7-9-3-2-4-12(16)15(9)18/h2-6,8,14,20H,7,19H2,1H3. The smallest absolute Gasteiger partial charge is 0.145 e. The Balaban J connectivity index is 2.30. The third kappa shape index (κ3) is 3.50. The fourth-order valence-corrected chi connectivity index (χ4v) is 2.30. The van der Waals surface area contributed by atoms with Crippen molar-refractivity contribution in [2.75, 3.05) is 7.11 Å². The lowest BCUT2D eigenvalue weighted by molar-refractivity contribution is 0.409. The highest BCUT2D eigenvalue weighted by molar-refractivity contribution is 6.30. The van der Waals surface area contributed by atoms with Crippen LogP contribution in [0.4, 0.5) is 8.78 Å². The molecule has 0 spiro atoms. The Kier molecular flexibility index (Phi) is 5.12. The van der Waals surface area contributed by atoms with E-state index in [1.165, 1.54) is 19.2 Å². The van der Waals surface area contributed by atoms with Gasteiger partial charge in [0.25, 0.3) is 0 Å². The number of hydrazine groups is 1. The molecule has 2 aromatic rings. The molecular formula is C15H15ClF2N2O. The van der Waals surface area contributed by atoms with Gasteiger partial charge in [-0.2, -0.15) is 0 Å². The molecule has 21 heavy (non-hydrogen) atoms. The first-order valence-electron chi connectivity index (χ1n) is 6.29. The first-order chi connectivity index (χ1) is 10.1. The summed E-state index contributed by atoms with van der Waals surface area (Å²) in [6, 6.07) is 8.54. The molecule has 0 bridgehead atoms. The molecule has 3 nitrogen and oxygen atoms in total. The maximum Gasteiger partial charge on any atom is 0.145 e. The van der Waals surface area contributed by atoms with Crippen LogP contribution in [0, 0.1) is 11.6 Å². The van der Waals surface area contributed by atoms with Gasteiger partial charge in [0.05, 0.1) is 18.2 Å². The molecule has 2 rings (SSSR count). The molecule has 3 N–H and O–H groups in total. The van der Waals surface area contributed by atoms with Gasteiger partial charge in [0.15, 0.2) is 0 Å². The van der Waals surface area contributed by atoms with Gasteiger partial charge in [-0.25, -0.2) is 8.78 Å². The van der Waals surface area contributed by atoms with Crippen LogP contribution in [-0.2, 0) is 6.42 Å². The van der Waals surface area contributed by atoms with Crippen LogP contribution in [0.3, 0.4) is 0 Å². The molecule has 0 saturated heterocycles. The molecule has 0 saturated carbocycles. The molecule has 0 aliphatic rings. The molecule has 1 atom stereocenters. The Morgan fingerprint density at radius 1 is 1.29 bits per heavy atom. The Morgan fingerprint density at radius 3 is 2.67 bits per heavy atom. The van der Waals surface area contributed by atoms with E-state index in [9.17, 15) is 8.78 Å². The number of rotatable bonds is 5. The van der Waals surface area contributed by atoms with E-state index >= 15 is 0 Å². The number of benzene rings is 2. The van der Waals surface area contributed by atoms with Gasteiger partial charge < -0.3 is 4.74 Å². The zero-order valence-corrected chi connectivity index (χ0v) is 12.1. The Bertz CT molecular complexity index is 637. The first-order valence-corrected chi connectivity index (χ1v) is 6.67. The van der Waals surface area contributed by atoms with Gasteiger partial charge in [-0.05, 0) is 24.1 Å². The van der Waals surface area contributed by atoms with Crippen LogP contribution in [0.2, 0.25) is 5.02 Å². The highest BCUT2D eigenvalue weighted by Gasteiger charge is 2.18. The number of ether oxygens (including phenoxy) is 1. The molecule has 0 aliphatic carbocycles. The summed E-state index contributed by atoms with van der Waals surface area (Å²) in [4.78, 5) is 0. The van der Waals surface area contributed by atoms with E-state index in [4.69, 9.17) is 22.2 Å². The van der Waals surface area contributed by atoms with Crippen LogP contribution in [-0.4, -0.2) is 7.11 Å². The van der Waals surface area contributed by atoms with E-state index in [1.807, 2.05) is 0 Å². The van der Waals surface area contributed by atoms with E-state index in [0.717, 1.165) is 0 Å². The second-order valence-electron chi connectivity index (χ2n) is 4.52. The van der Waals surface area contributed by atoms with E-state index in [0.29, 0.717) is 16.9 Å². The summed E-state index contributed by atoms with van der Waals surface area (Å²) < 4.78 is 32.9. The van der Waals surface area contributed by atoms with Gasteiger partial charge >= 0.3 is 0 Å². The highest BCUT2D eigenvalue weighted by Crippen LogP contribution is 2.26. The molecule has 0 radical (unpaired) electrons. The fraction of sp³-hybridized carbons (Fsp3) is 0.200. The van der Waals surface area contributed by atoms with Crippen LogP contribution in [0.5, 0.6) is 5.75 Å². The van der Waals surface area contributed by atoms with Crippen molar-refractivity contribution in [3.8, 4) is 5.75 Å². The van der Waals surface area contributed by atoms with Crippen LogP contribution in [0.15, 0.2) is 36.4 Å². The zero-order valence-electron chi connectivity index (χ0n) is 11.4. The maximum atomic E-state index is 14.1. The minimum Gasteiger partial charge on any atom is -0.497 e. The molecule has 6 heteroatoms. The average molecular weight is 313 g/mol. The highest BCUT2D eigenvalue weighted by atomic mass is 35.5. The fourth-order valence-electron chi connectivity index (χ4n) is 2.10. The van der Waals surface area contributed by atoms with Crippen molar-refractivity contribution >= 4 is 11.6 Å². The minimum absolute atomic E-state index is 0.0264. The molecule has 0 aliphatic heterocycles. The third-order valence-electron chi connectivity index (χ3n) is 3.24. The van der Waals surface area contributed by atoms with Gasteiger partial charge in [0, 0.05) is 11.6 Å². The number of nitrogens with two attached hydrogens (primary N) is 1. The van der Waals surface area contributed by atoms with Crippen LogP contribution in [0.25, 0.3) is 0 Å². The topological polar surface area (TPSA) is 47.3 Å². The van der Waals surface area contributed by atoms with Crippen molar-refractivity contribution in [2.45, 2.75) is 12.5 Å². The van der Waals surface area contributed by atoms with E-state index in [-0.39, 0.29) is 11.4 Å². The predicted octanol–water partition coefficient (Wildman–Crippen LogP) is 3.37. The lowest BCUT2D eigenvalue weighted by Gasteiger charge is -2.18. The second-order valence-corrected chi connectivity index (χ2v) is 4.93. The largest absolute Gasteiger partial charge is 0.497 e. The summed E-state index contributed by atoms with van der Waals surface area (Å²) in [6.45, 7) is 0. The monoisotopic (exact) mass is 312 g/mol. The zero-order chi connectivity index (χ0) is 15.4. The summed E-state index contributed by atoms with van der Waals surface area (Å²) in [5, 5.41) is 0.0264. The van der Waals surface area contributed by atoms with Gasteiger partial charge in [-0.15, -0.1) is 0 Å². The summed E-state index contributed by atoms with van der Waals surface area (Å²) in [7, 11) is 1.45. The van der Waals surface area contributed by atoms with Crippen molar-refractivity contribution in [2.24, 2.45) is 5.84 Å². The molecule has 1 unspecified atom stereocenters. The SMILES string of the molecule is COc1ccc(C(Cc2cccc(Cl)c2F)NN)c(F)c1. The summed E-state index contributed by atoms with van der Waals surface area (Å²) in [5.41, 5.74) is 3.19. The first kappa shape index (κ1) is 15.7. The lowest BCUT2D eigenvalue weighted by Crippen LogP contribution is -2.30. The van der Waals surface area contributed by atoms with Crippen molar-refractivity contribution in [3.63, 3.8) is 0 Å². The van der Waals surface area contributed by atoms with Gasteiger partial charge in [0.2, 0.25) is 0 Å². The van der Waals surface area contributed by atoms with Crippen LogP contribution >= 0.6 is 11.6 Å². The van der Waals surface area contributed by atoms with E-state index in [1.54, 1.807) is 24.3 Å². The van der Waals surface area contributed by atoms with Crippen molar-refractivity contribution in [1.82, 2.24) is 5.43 Å². The molecule has 2 aromatic carbocycles. The van der Waals surface area contributed by atoms with Crippen molar-refractivity contribution < 1.29 is 13.5 Å². The maximum absolute atomic E-state index is 14.1. The number of hydrogen-bond donors (Lipinski definition) is 2. The normalized spacial score (nSPS) is 12.2. The van der Waals surface area contributed by atoms with Crippen LogP contribution in [0.1, 0.15) is 17.2 Å². The number of nitrogens with one attached hydrogen (secondary N) is 1. The molecule has 112 valence electrons. The minimum atomic E-state index is -0.580. The Hall–Kier alpha value is -1.69. The molecular weight excluding hydrogens is 298 g/mol. The summed E-state index contributed by atoms with van der Waals surface area (Å²) in [6.07, 6.45) is 0.173. The summed E-state index contributed by atoms with van der Waals surface area (Å²) >= 11 is 5.74. The number of methoxy groups -OCH3 is 1. The summed E-state index contributed by atoms with van der Waals surface area (Å²) in [5.74, 6) is 4.89. The van der Waals surface area contributed by atoms with Crippen molar-refractivity contribution in [1.29, 1.82) is 0 Å².